The van der Waals surface area contributed by atoms with Gasteiger partial charge in [0.2, 0.25) is 5.95 Å². The van der Waals surface area contributed by atoms with Crippen molar-refractivity contribution in [3.05, 3.63) is 47.3 Å². The maximum absolute atomic E-state index is 10.0. The Kier molecular flexibility index (Phi) is 7.96. The maximum atomic E-state index is 10.0. The topological polar surface area (TPSA) is 113 Å². The van der Waals surface area contributed by atoms with Crippen molar-refractivity contribution in [1.82, 2.24) is 24.6 Å². The molecule has 11 heteroatoms. The van der Waals surface area contributed by atoms with Gasteiger partial charge in [0.1, 0.15) is 6.07 Å². The van der Waals surface area contributed by atoms with Crippen molar-refractivity contribution in [3.63, 3.8) is 0 Å². The number of aromatic nitrogens is 4. The van der Waals surface area contributed by atoms with E-state index in [0.29, 0.717) is 23.9 Å². The number of fused-ring (bicyclic) bond motifs is 1. The lowest BCUT2D eigenvalue weighted by atomic mass is 9.83. The average molecular weight is 575 g/mol. The molecule has 2 aromatic heterocycles. The van der Waals surface area contributed by atoms with Crippen molar-refractivity contribution >= 4 is 25.8 Å². The van der Waals surface area contributed by atoms with E-state index < -0.39 is 8.32 Å². The summed E-state index contributed by atoms with van der Waals surface area (Å²) < 4.78 is 14.0. The molecule has 2 aliphatic rings. The van der Waals surface area contributed by atoms with Crippen LogP contribution in [0.1, 0.15) is 44.5 Å². The lowest BCUT2D eigenvalue weighted by molar-refractivity contribution is 0.0331. The van der Waals surface area contributed by atoms with Crippen LogP contribution < -0.4 is 10.6 Å². The van der Waals surface area contributed by atoms with E-state index in [-0.39, 0.29) is 10.5 Å². The summed E-state index contributed by atoms with van der Waals surface area (Å²) in [5.74, 6) is 1.15. The van der Waals surface area contributed by atoms with Crippen molar-refractivity contribution in [2.75, 3.05) is 50.1 Å². The second kappa shape index (κ2) is 11.2. The second-order valence-electron chi connectivity index (χ2n) is 12.9. The molecule has 3 aromatic rings. The minimum atomic E-state index is -1.94. The molecule has 1 saturated heterocycles. The van der Waals surface area contributed by atoms with E-state index in [4.69, 9.17) is 14.1 Å². The highest BCUT2D eigenvalue weighted by atomic mass is 28.4. The largest absolute Gasteiger partial charge is 0.416 e. The molecule has 0 radical (unpaired) electrons. The van der Waals surface area contributed by atoms with E-state index in [1.165, 1.54) is 0 Å². The highest BCUT2D eigenvalue weighted by molar-refractivity contribution is 6.74. The Balaban J connectivity index is 1.38. The zero-order valence-electron chi connectivity index (χ0n) is 25.3. The third kappa shape index (κ3) is 6.16. The molecule has 1 aromatic carbocycles. The Morgan fingerprint density at radius 2 is 1.98 bits per heavy atom. The summed E-state index contributed by atoms with van der Waals surface area (Å²) in [5, 5.41) is 21.5. The van der Waals surface area contributed by atoms with Gasteiger partial charge in [-0.05, 0) is 41.9 Å². The summed E-state index contributed by atoms with van der Waals surface area (Å²) >= 11 is 0. The zero-order chi connectivity index (χ0) is 29.4. The number of benzene rings is 1. The molecule has 0 amide bonds. The first-order valence-corrected chi connectivity index (χ1v) is 17.2. The lowest BCUT2D eigenvalue weighted by Gasteiger charge is -2.39. The van der Waals surface area contributed by atoms with Gasteiger partial charge in [0.05, 0.1) is 35.9 Å². The number of hydrogen-bond donors (Lipinski definition) is 2. The van der Waals surface area contributed by atoms with Crippen LogP contribution in [0.2, 0.25) is 18.1 Å². The number of aryl methyl sites for hydroxylation is 1. The normalized spacial score (nSPS) is 19.5. The van der Waals surface area contributed by atoms with Crippen LogP contribution in [0.5, 0.6) is 0 Å². The summed E-state index contributed by atoms with van der Waals surface area (Å²) in [7, 11) is 0.0128. The van der Waals surface area contributed by atoms with Gasteiger partial charge in [0.25, 0.3) is 0 Å². The van der Waals surface area contributed by atoms with Crippen LogP contribution in [-0.4, -0.2) is 72.4 Å². The maximum Gasteiger partial charge on any atom is 0.228 e. The number of ether oxygens (including phenoxy) is 1. The summed E-state index contributed by atoms with van der Waals surface area (Å²) in [6.45, 7) is 19.0. The van der Waals surface area contributed by atoms with E-state index in [1.54, 1.807) is 6.20 Å². The van der Waals surface area contributed by atoms with Gasteiger partial charge in [0, 0.05) is 63.1 Å². The van der Waals surface area contributed by atoms with Crippen molar-refractivity contribution in [2.45, 2.75) is 57.8 Å². The number of nitrogens with zero attached hydrogens (tertiary/aromatic N) is 6. The average Bonchev–Trinajstić information content (AvgIpc) is 3.46. The molecule has 2 N–H and O–H groups in total. The SMILES string of the molecule is Cn1nc(Nc2nccc(-c3cc(C#N)c4c(c3)[C@@](C)(CO[Si](C)(C)C(C)(C)C)CN4)n2)cc1CN1CCOCC1. The van der Waals surface area contributed by atoms with Gasteiger partial charge in [-0.2, -0.15) is 10.4 Å². The quantitative estimate of drug-likeness (QED) is 0.358. The highest BCUT2D eigenvalue weighted by Crippen LogP contribution is 2.44. The zero-order valence-corrected chi connectivity index (χ0v) is 26.3. The molecule has 1 atom stereocenters. The Morgan fingerprint density at radius 1 is 1.22 bits per heavy atom. The number of nitriles is 1. The summed E-state index contributed by atoms with van der Waals surface area (Å²) in [5.41, 5.74) is 5.06. The second-order valence-corrected chi connectivity index (χ2v) is 17.8. The van der Waals surface area contributed by atoms with Gasteiger partial charge in [0.15, 0.2) is 14.1 Å². The first kappa shape index (κ1) is 29.2. The predicted octanol–water partition coefficient (Wildman–Crippen LogP) is 5.03. The molecule has 1 fully saturated rings. The van der Waals surface area contributed by atoms with Crippen LogP contribution in [0.4, 0.5) is 17.5 Å². The van der Waals surface area contributed by atoms with Crippen LogP contribution in [0.3, 0.4) is 0 Å². The molecule has 5 rings (SSSR count). The Morgan fingerprint density at radius 3 is 2.68 bits per heavy atom. The summed E-state index contributed by atoms with van der Waals surface area (Å²) in [4.78, 5) is 11.6. The summed E-state index contributed by atoms with van der Waals surface area (Å²) in [6, 6.07) is 10.4. The molecule has 2 aliphatic heterocycles. The third-order valence-electron chi connectivity index (χ3n) is 8.78. The number of morpholine rings is 1. The fourth-order valence-corrected chi connectivity index (χ4v) is 6.12. The number of hydrogen-bond acceptors (Lipinski definition) is 9. The number of rotatable bonds is 8. The monoisotopic (exact) mass is 574 g/mol. The van der Waals surface area contributed by atoms with Crippen LogP contribution in [0.25, 0.3) is 11.3 Å². The van der Waals surface area contributed by atoms with Crippen molar-refractivity contribution in [2.24, 2.45) is 7.05 Å². The molecule has 0 unspecified atom stereocenters. The van der Waals surface area contributed by atoms with E-state index >= 15 is 0 Å². The van der Waals surface area contributed by atoms with Crippen molar-refractivity contribution in [3.8, 4) is 17.3 Å². The molecule has 10 nitrogen and oxygen atoms in total. The molecule has 0 spiro atoms. The van der Waals surface area contributed by atoms with E-state index in [9.17, 15) is 5.26 Å². The van der Waals surface area contributed by atoms with Crippen LogP contribution in [0, 0.1) is 11.3 Å². The van der Waals surface area contributed by atoms with E-state index in [2.05, 4.69) is 78.5 Å². The van der Waals surface area contributed by atoms with Gasteiger partial charge in [-0.15, -0.1) is 0 Å². The van der Waals surface area contributed by atoms with E-state index in [0.717, 1.165) is 67.6 Å². The van der Waals surface area contributed by atoms with Crippen molar-refractivity contribution in [1.29, 1.82) is 5.26 Å². The van der Waals surface area contributed by atoms with Gasteiger partial charge in [-0.1, -0.05) is 27.7 Å². The predicted molar refractivity (Wildman–Crippen MR) is 164 cm³/mol. The van der Waals surface area contributed by atoms with Crippen LogP contribution >= 0.6 is 0 Å². The summed E-state index contributed by atoms with van der Waals surface area (Å²) in [6.07, 6.45) is 1.74. The molecule has 0 aliphatic carbocycles. The number of nitrogens with one attached hydrogen (secondary N) is 2. The Labute approximate surface area is 244 Å². The Hall–Kier alpha value is -3.30. The van der Waals surface area contributed by atoms with Crippen molar-refractivity contribution < 1.29 is 9.16 Å². The van der Waals surface area contributed by atoms with Crippen LogP contribution in [0.15, 0.2) is 30.5 Å². The third-order valence-corrected chi connectivity index (χ3v) is 13.3. The molecular formula is C30H42N8O2Si. The van der Waals surface area contributed by atoms with Gasteiger partial charge < -0.3 is 19.8 Å². The fraction of sp³-hybridized carbons (Fsp3) is 0.533. The number of anilines is 3. The molecular weight excluding hydrogens is 532 g/mol. The minimum Gasteiger partial charge on any atom is -0.416 e. The molecule has 4 heterocycles. The fourth-order valence-electron chi connectivity index (χ4n) is 5.01. The van der Waals surface area contributed by atoms with Gasteiger partial charge in [-0.25, -0.2) is 9.97 Å². The first-order chi connectivity index (χ1) is 19.4. The molecule has 0 saturated carbocycles. The first-order valence-electron chi connectivity index (χ1n) is 14.3. The molecule has 41 heavy (non-hydrogen) atoms. The lowest BCUT2D eigenvalue weighted by Crippen LogP contribution is -2.45. The molecule has 0 bridgehead atoms. The van der Waals surface area contributed by atoms with E-state index in [1.807, 2.05) is 29.9 Å². The molecule has 218 valence electrons. The van der Waals surface area contributed by atoms with Gasteiger partial charge in [-0.3, -0.25) is 9.58 Å². The standard InChI is InChI=1S/C30H42N8O2Si/c1-29(2,3)41(6,7)40-20-30(4)19-33-27-22(17-31)14-21(15-24(27)30)25-8-9-32-28(34-25)35-26-16-23(37(5)36-26)18-38-10-12-39-13-11-38/h8-9,14-16,33H,10-13,18-20H2,1-7H3,(H,32,34,35,36)/t30-/m1/s1. The Bertz CT molecular complexity index is 1450. The van der Waals surface area contributed by atoms with Crippen LogP contribution in [-0.2, 0) is 28.2 Å². The smallest absolute Gasteiger partial charge is 0.228 e. The minimum absolute atomic E-state index is 0.124. The van der Waals surface area contributed by atoms with Gasteiger partial charge >= 0.3 is 0 Å². The highest BCUT2D eigenvalue weighted by Gasteiger charge is 2.42.